The lowest BCUT2D eigenvalue weighted by Crippen LogP contribution is -2.53. The van der Waals surface area contributed by atoms with Crippen molar-refractivity contribution in [1.82, 2.24) is 10.2 Å². The molecule has 1 aromatic rings. The van der Waals surface area contributed by atoms with Crippen molar-refractivity contribution >= 4 is 11.6 Å². The number of rotatable bonds is 4. The van der Waals surface area contributed by atoms with Crippen LogP contribution in [0.3, 0.4) is 0 Å². The van der Waals surface area contributed by atoms with Crippen LogP contribution >= 0.6 is 0 Å². The number of nitrogens with zero attached hydrogens (tertiary/aromatic N) is 3. The molecule has 1 aliphatic rings. The highest BCUT2D eigenvalue weighted by Crippen LogP contribution is 2.21. The topological polar surface area (TPSA) is 40.1 Å². The molecule has 0 aromatic heterocycles. The van der Waals surface area contributed by atoms with Crippen molar-refractivity contribution < 1.29 is 13.5 Å². The van der Waals surface area contributed by atoms with Crippen LogP contribution in [0.25, 0.3) is 0 Å². The Morgan fingerprint density at radius 2 is 2.00 bits per heavy atom. The second kappa shape index (κ2) is 7.93. The first-order valence-corrected chi connectivity index (χ1v) is 7.30. The molecule has 1 aromatic carbocycles. The molecule has 5 nitrogen and oxygen atoms in total. The molecule has 0 saturated carbocycles. The highest BCUT2D eigenvalue weighted by Gasteiger charge is 2.21. The standard InChI is InChI=1S/C15H22F2N4O/c1-18-15(19-5-10-22-2)21-8-6-20(7-9-21)14-11-12(16)3-4-13(14)17/h3-4,11H,5-10H2,1-2H3,(H,18,19). The molecule has 0 bridgehead atoms. The minimum Gasteiger partial charge on any atom is -0.383 e. The Kier molecular flexibility index (Phi) is 5.94. The summed E-state index contributed by atoms with van der Waals surface area (Å²) in [5, 5.41) is 3.21. The number of anilines is 1. The van der Waals surface area contributed by atoms with E-state index < -0.39 is 11.6 Å². The smallest absolute Gasteiger partial charge is 0.193 e. The summed E-state index contributed by atoms with van der Waals surface area (Å²) in [6.07, 6.45) is 0. The molecular formula is C15H22F2N4O. The monoisotopic (exact) mass is 312 g/mol. The first-order chi connectivity index (χ1) is 10.7. The van der Waals surface area contributed by atoms with Crippen LogP contribution < -0.4 is 10.2 Å². The molecule has 1 N–H and O–H groups in total. The predicted molar refractivity (Wildman–Crippen MR) is 83.4 cm³/mol. The number of methoxy groups -OCH3 is 1. The van der Waals surface area contributed by atoms with Gasteiger partial charge >= 0.3 is 0 Å². The third-order valence-electron chi connectivity index (χ3n) is 3.63. The number of piperazine rings is 1. The van der Waals surface area contributed by atoms with E-state index >= 15 is 0 Å². The fourth-order valence-electron chi connectivity index (χ4n) is 2.48. The van der Waals surface area contributed by atoms with Gasteiger partial charge in [0.15, 0.2) is 5.96 Å². The summed E-state index contributed by atoms with van der Waals surface area (Å²) in [6, 6.07) is 3.55. The van der Waals surface area contributed by atoms with E-state index in [9.17, 15) is 8.78 Å². The van der Waals surface area contributed by atoms with Gasteiger partial charge in [0.2, 0.25) is 0 Å². The van der Waals surface area contributed by atoms with Crippen LogP contribution in [-0.2, 0) is 4.74 Å². The lowest BCUT2D eigenvalue weighted by atomic mass is 10.2. The van der Waals surface area contributed by atoms with Gasteiger partial charge in [-0.25, -0.2) is 8.78 Å². The van der Waals surface area contributed by atoms with Gasteiger partial charge in [-0.3, -0.25) is 4.99 Å². The number of ether oxygens (including phenoxy) is 1. The second-order valence-electron chi connectivity index (χ2n) is 5.04. The van der Waals surface area contributed by atoms with Crippen LogP contribution in [0.2, 0.25) is 0 Å². The molecule has 1 aliphatic heterocycles. The normalized spacial score (nSPS) is 16.1. The number of hydrogen-bond donors (Lipinski definition) is 1. The SMILES string of the molecule is CN=C(NCCOC)N1CCN(c2cc(F)ccc2F)CC1. The molecule has 7 heteroatoms. The maximum Gasteiger partial charge on any atom is 0.193 e. The van der Waals surface area contributed by atoms with Gasteiger partial charge in [0.1, 0.15) is 11.6 Å². The highest BCUT2D eigenvalue weighted by molar-refractivity contribution is 5.80. The Hall–Kier alpha value is -1.89. The summed E-state index contributed by atoms with van der Waals surface area (Å²) in [6.45, 7) is 3.91. The number of aliphatic imine (C=N–C) groups is 1. The molecule has 0 atom stereocenters. The summed E-state index contributed by atoms with van der Waals surface area (Å²) in [5.74, 6) is -0.00950. The van der Waals surface area contributed by atoms with Crippen LogP contribution in [0.1, 0.15) is 0 Å². The van der Waals surface area contributed by atoms with Crippen molar-refractivity contribution in [3.8, 4) is 0 Å². The Labute approximate surface area is 129 Å². The van der Waals surface area contributed by atoms with Crippen molar-refractivity contribution in [1.29, 1.82) is 0 Å². The minimum absolute atomic E-state index is 0.321. The number of halogens is 2. The molecule has 0 aliphatic carbocycles. The maximum atomic E-state index is 13.8. The van der Waals surface area contributed by atoms with Crippen molar-refractivity contribution in [2.45, 2.75) is 0 Å². The summed E-state index contributed by atoms with van der Waals surface area (Å²) in [4.78, 5) is 8.20. The number of nitrogens with one attached hydrogen (secondary N) is 1. The van der Waals surface area contributed by atoms with E-state index in [0.717, 1.165) is 12.0 Å². The first kappa shape index (κ1) is 16.5. The number of guanidine groups is 1. The average molecular weight is 312 g/mol. The van der Waals surface area contributed by atoms with Crippen molar-refractivity contribution in [3.05, 3.63) is 29.8 Å². The minimum atomic E-state index is -0.420. The summed E-state index contributed by atoms with van der Waals surface area (Å²) < 4.78 is 32.1. The van der Waals surface area contributed by atoms with Gasteiger partial charge in [0.25, 0.3) is 0 Å². The Bertz CT molecular complexity index is 516. The molecule has 22 heavy (non-hydrogen) atoms. The van der Waals surface area contributed by atoms with E-state index in [4.69, 9.17) is 4.74 Å². The highest BCUT2D eigenvalue weighted by atomic mass is 19.1. The van der Waals surface area contributed by atoms with Crippen LogP contribution in [0.4, 0.5) is 14.5 Å². The summed E-state index contributed by atoms with van der Waals surface area (Å²) in [5.41, 5.74) is 0.321. The van der Waals surface area contributed by atoms with Crippen LogP contribution in [0, 0.1) is 11.6 Å². The number of hydrogen-bond acceptors (Lipinski definition) is 3. The fraction of sp³-hybridized carbons (Fsp3) is 0.533. The van der Waals surface area contributed by atoms with Gasteiger partial charge in [-0.15, -0.1) is 0 Å². The third kappa shape index (κ3) is 4.07. The van der Waals surface area contributed by atoms with Crippen molar-refractivity contribution in [3.63, 3.8) is 0 Å². The largest absolute Gasteiger partial charge is 0.383 e. The van der Waals surface area contributed by atoms with Crippen LogP contribution in [0.5, 0.6) is 0 Å². The molecule has 1 saturated heterocycles. The van der Waals surface area contributed by atoms with E-state index in [2.05, 4.69) is 15.2 Å². The molecule has 0 amide bonds. The summed E-state index contributed by atoms with van der Waals surface area (Å²) >= 11 is 0. The second-order valence-corrected chi connectivity index (χ2v) is 5.04. The molecule has 1 heterocycles. The Balaban J connectivity index is 1.93. The van der Waals surface area contributed by atoms with E-state index in [1.165, 1.54) is 12.1 Å². The van der Waals surface area contributed by atoms with Gasteiger partial charge < -0.3 is 19.9 Å². The van der Waals surface area contributed by atoms with Gasteiger partial charge in [-0.2, -0.15) is 0 Å². The average Bonchev–Trinajstić information content (AvgIpc) is 2.54. The molecule has 122 valence electrons. The van der Waals surface area contributed by atoms with Crippen LogP contribution in [-0.4, -0.2) is 64.3 Å². The Morgan fingerprint density at radius 3 is 2.64 bits per heavy atom. The van der Waals surface area contributed by atoms with E-state index in [-0.39, 0.29) is 0 Å². The zero-order valence-electron chi connectivity index (χ0n) is 13.0. The van der Waals surface area contributed by atoms with Gasteiger partial charge in [0, 0.05) is 52.9 Å². The summed E-state index contributed by atoms with van der Waals surface area (Å²) in [7, 11) is 3.38. The molecular weight excluding hydrogens is 290 g/mol. The zero-order chi connectivity index (χ0) is 15.9. The third-order valence-corrected chi connectivity index (χ3v) is 3.63. The zero-order valence-corrected chi connectivity index (χ0v) is 13.0. The molecule has 2 rings (SSSR count). The van der Waals surface area contributed by atoms with Crippen molar-refractivity contribution in [2.24, 2.45) is 4.99 Å². The van der Waals surface area contributed by atoms with E-state index in [1.807, 2.05) is 4.90 Å². The molecule has 0 radical (unpaired) electrons. The molecule has 0 spiro atoms. The quantitative estimate of drug-likeness (QED) is 0.517. The predicted octanol–water partition coefficient (Wildman–Crippen LogP) is 1.31. The van der Waals surface area contributed by atoms with E-state index in [1.54, 1.807) is 14.2 Å². The van der Waals surface area contributed by atoms with Gasteiger partial charge in [0.05, 0.1) is 12.3 Å². The van der Waals surface area contributed by atoms with Gasteiger partial charge in [-0.05, 0) is 12.1 Å². The molecule has 0 unspecified atom stereocenters. The fourth-order valence-corrected chi connectivity index (χ4v) is 2.48. The molecule has 1 fully saturated rings. The lowest BCUT2D eigenvalue weighted by molar-refractivity contribution is 0.202. The maximum absolute atomic E-state index is 13.8. The lowest BCUT2D eigenvalue weighted by Gasteiger charge is -2.37. The van der Waals surface area contributed by atoms with Crippen molar-refractivity contribution in [2.75, 3.05) is 58.4 Å². The Morgan fingerprint density at radius 1 is 1.27 bits per heavy atom. The first-order valence-electron chi connectivity index (χ1n) is 7.30. The van der Waals surface area contributed by atoms with Crippen LogP contribution in [0.15, 0.2) is 23.2 Å². The van der Waals surface area contributed by atoms with Gasteiger partial charge in [-0.1, -0.05) is 0 Å². The van der Waals surface area contributed by atoms with E-state index in [0.29, 0.717) is 45.0 Å². The number of benzene rings is 1.